The van der Waals surface area contributed by atoms with Crippen LogP contribution in [0.25, 0.3) is 0 Å². The highest BCUT2D eigenvalue weighted by Crippen LogP contribution is 2.17. The number of anilines is 1. The van der Waals surface area contributed by atoms with Gasteiger partial charge >= 0.3 is 12.0 Å². The number of methoxy groups -OCH3 is 2. The number of hydrogen-bond acceptors (Lipinski definition) is 7. The van der Waals surface area contributed by atoms with E-state index < -0.39 is 0 Å². The number of aromatic nitrogens is 3. The molecule has 7 heteroatoms. The van der Waals surface area contributed by atoms with E-state index in [1.54, 1.807) is 0 Å². The van der Waals surface area contributed by atoms with Crippen molar-refractivity contribution in [3.05, 3.63) is 0 Å². The van der Waals surface area contributed by atoms with Crippen molar-refractivity contribution in [1.29, 1.82) is 0 Å². The minimum atomic E-state index is 0.280. The molecule has 1 aliphatic heterocycles. The van der Waals surface area contributed by atoms with Gasteiger partial charge < -0.3 is 19.7 Å². The molecule has 0 radical (unpaired) electrons. The summed E-state index contributed by atoms with van der Waals surface area (Å²) in [5.41, 5.74) is 0. The summed E-state index contributed by atoms with van der Waals surface area (Å²) < 4.78 is 10.2. The second kappa shape index (κ2) is 7.23. The number of ether oxygens (including phenoxy) is 2. The van der Waals surface area contributed by atoms with Gasteiger partial charge in [0.25, 0.3) is 0 Å². The molecule has 0 amide bonds. The van der Waals surface area contributed by atoms with E-state index in [4.69, 9.17) is 9.47 Å². The highest BCUT2D eigenvalue weighted by Gasteiger charge is 2.19. The highest BCUT2D eigenvalue weighted by molar-refractivity contribution is 5.32. The molecule has 0 bridgehead atoms. The van der Waals surface area contributed by atoms with Crippen LogP contribution in [0.3, 0.4) is 0 Å². The number of nitrogens with one attached hydrogen (secondary N) is 1. The number of piperidine rings is 1. The van der Waals surface area contributed by atoms with E-state index in [1.165, 1.54) is 33.5 Å². The molecule has 1 fully saturated rings. The zero-order valence-electron chi connectivity index (χ0n) is 12.4. The Labute approximate surface area is 119 Å². The van der Waals surface area contributed by atoms with Gasteiger partial charge in [0, 0.05) is 19.1 Å². The predicted octanol–water partition coefficient (Wildman–Crippen LogP) is 0.857. The summed E-state index contributed by atoms with van der Waals surface area (Å²) in [6.07, 6.45) is 3.73. The maximum Gasteiger partial charge on any atom is 0.324 e. The molecule has 1 N–H and O–H groups in total. The first-order valence-electron chi connectivity index (χ1n) is 7.09. The standard InChI is InChI=1S/C13H23N5O2/c1-4-18(9-10-7-5-6-8-14-10)11-15-12(19-2)17-13(16-11)20-3/h10,14H,4-9H2,1-3H3. The van der Waals surface area contributed by atoms with Gasteiger partial charge in [-0.1, -0.05) is 6.42 Å². The van der Waals surface area contributed by atoms with E-state index in [9.17, 15) is 0 Å². The van der Waals surface area contributed by atoms with Crippen LogP contribution in [-0.4, -0.2) is 54.8 Å². The van der Waals surface area contributed by atoms with E-state index in [-0.39, 0.29) is 12.0 Å². The van der Waals surface area contributed by atoms with Crippen molar-refractivity contribution in [2.24, 2.45) is 0 Å². The summed E-state index contributed by atoms with van der Waals surface area (Å²) in [7, 11) is 3.08. The fourth-order valence-electron chi connectivity index (χ4n) is 2.35. The minimum absolute atomic E-state index is 0.280. The van der Waals surface area contributed by atoms with Crippen molar-refractivity contribution in [1.82, 2.24) is 20.3 Å². The van der Waals surface area contributed by atoms with E-state index in [1.807, 2.05) is 0 Å². The molecule has 7 nitrogen and oxygen atoms in total. The Kier molecular flexibility index (Phi) is 5.34. The molecule has 112 valence electrons. The molecular formula is C13H23N5O2. The minimum Gasteiger partial charge on any atom is -0.467 e. The van der Waals surface area contributed by atoms with Gasteiger partial charge in [0.05, 0.1) is 14.2 Å². The van der Waals surface area contributed by atoms with Crippen LogP contribution in [0.15, 0.2) is 0 Å². The first kappa shape index (κ1) is 14.8. The number of likely N-dealkylation sites (N-methyl/N-ethyl adjacent to an activating group) is 1. The van der Waals surface area contributed by atoms with Gasteiger partial charge in [-0.25, -0.2) is 0 Å². The molecule has 2 rings (SSSR count). The van der Waals surface area contributed by atoms with Crippen LogP contribution in [0.1, 0.15) is 26.2 Å². The van der Waals surface area contributed by atoms with E-state index in [0.29, 0.717) is 12.0 Å². The first-order chi connectivity index (χ1) is 9.76. The lowest BCUT2D eigenvalue weighted by molar-refractivity contribution is 0.338. The topological polar surface area (TPSA) is 72.4 Å². The van der Waals surface area contributed by atoms with Gasteiger partial charge in [0.15, 0.2) is 0 Å². The fourth-order valence-corrected chi connectivity index (χ4v) is 2.35. The molecule has 20 heavy (non-hydrogen) atoms. The number of nitrogens with zero attached hydrogens (tertiary/aromatic N) is 4. The molecule has 1 aromatic heterocycles. The summed E-state index contributed by atoms with van der Waals surface area (Å²) in [4.78, 5) is 14.8. The van der Waals surface area contributed by atoms with Crippen molar-refractivity contribution in [2.45, 2.75) is 32.2 Å². The van der Waals surface area contributed by atoms with Crippen LogP contribution in [-0.2, 0) is 0 Å². The third-order valence-corrected chi connectivity index (χ3v) is 3.47. The van der Waals surface area contributed by atoms with Gasteiger partial charge in [-0.2, -0.15) is 9.97 Å². The van der Waals surface area contributed by atoms with Crippen LogP contribution in [0.5, 0.6) is 12.0 Å². The van der Waals surface area contributed by atoms with Gasteiger partial charge in [-0.05, 0) is 26.3 Å². The second-order valence-corrected chi connectivity index (χ2v) is 4.79. The third kappa shape index (κ3) is 3.69. The quantitative estimate of drug-likeness (QED) is 0.829. The summed E-state index contributed by atoms with van der Waals surface area (Å²) in [5, 5.41) is 3.54. The van der Waals surface area contributed by atoms with Crippen LogP contribution in [0, 0.1) is 0 Å². The Morgan fingerprint density at radius 2 is 1.85 bits per heavy atom. The van der Waals surface area contributed by atoms with Gasteiger partial charge in [-0.3, -0.25) is 0 Å². The van der Waals surface area contributed by atoms with Crippen molar-refractivity contribution in [3.63, 3.8) is 0 Å². The van der Waals surface area contributed by atoms with Crippen molar-refractivity contribution >= 4 is 5.95 Å². The molecule has 1 saturated heterocycles. The van der Waals surface area contributed by atoms with Crippen molar-refractivity contribution < 1.29 is 9.47 Å². The lowest BCUT2D eigenvalue weighted by atomic mass is 10.0. The summed E-state index contributed by atoms with van der Waals surface area (Å²) >= 11 is 0. The normalized spacial score (nSPS) is 18.6. The molecule has 1 aromatic rings. The molecule has 0 spiro atoms. The zero-order chi connectivity index (χ0) is 14.4. The van der Waals surface area contributed by atoms with Crippen LogP contribution < -0.4 is 19.7 Å². The Morgan fingerprint density at radius 3 is 2.35 bits per heavy atom. The first-order valence-corrected chi connectivity index (χ1v) is 7.09. The fraction of sp³-hybridized carbons (Fsp3) is 0.769. The average molecular weight is 281 g/mol. The number of rotatable bonds is 6. The summed E-state index contributed by atoms with van der Waals surface area (Å²) in [5.74, 6) is 0.601. The largest absolute Gasteiger partial charge is 0.467 e. The monoisotopic (exact) mass is 281 g/mol. The highest BCUT2D eigenvalue weighted by atomic mass is 16.5. The maximum atomic E-state index is 5.10. The smallest absolute Gasteiger partial charge is 0.324 e. The molecule has 1 atom stereocenters. The summed E-state index contributed by atoms with van der Waals surface area (Å²) in [6.45, 7) is 4.89. The van der Waals surface area contributed by atoms with Gasteiger partial charge in [0.2, 0.25) is 5.95 Å². The molecule has 0 aromatic carbocycles. The molecule has 1 unspecified atom stereocenters. The van der Waals surface area contributed by atoms with E-state index in [0.717, 1.165) is 19.6 Å². The summed E-state index contributed by atoms with van der Waals surface area (Å²) in [6, 6.07) is 1.04. The number of hydrogen-bond donors (Lipinski definition) is 1. The predicted molar refractivity (Wildman–Crippen MR) is 76.5 cm³/mol. The molecule has 0 aliphatic carbocycles. The Hall–Kier alpha value is -1.63. The van der Waals surface area contributed by atoms with E-state index >= 15 is 0 Å². The lowest BCUT2D eigenvalue weighted by Crippen LogP contribution is -2.44. The van der Waals surface area contributed by atoms with Crippen LogP contribution >= 0.6 is 0 Å². The Balaban J connectivity index is 2.12. The average Bonchev–Trinajstić information content (AvgIpc) is 2.53. The van der Waals surface area contributed by atoms with E-state index in [2.05, 4.69) is 32.1 Å². The maximum absolute atomic E-state index is 5.10. The molecule has 1 aliphatic rings. The van der Waals surface area contributed by atoms with Crippen LogP contribution in [0.2, 0.25) is 0 Å². The third-order valence-electron chi connectivity index (χ3n) is 3.47. The second-order valence-electron chi connectivity index (χ2n) is 4.79. The van der Waals surface area contributed by atoms with Gasteiger partial charge in [-0.15, -0.1) is 4.98 Å². The van der Waals surface area contributed by atoms with Crippen molar-refractivity contribution in [3.8, 4) is 12.0 Å². The Bertz CT molecular complexity index is 401. The molecule has 2 heterocycles. The molecule has 0 saturated carbocycles. The lowest BCUT2D eigenvalue weighted by Gasteiger charge is -2.29. The van der Waals surface area contributed by atoms with Crippen LogP contribution in [0.4, 0.5) is 5.95 Å². The molecular weight excluding hydrogens is 258 g/mol. The SMILES string of the molecule is CCN(CC1CCCCN1)c1nc(OC)nc(OC)n1. The van der Waals surface area contributed by atoms with Crippen molar-refractivity contribution in [2.75, 3.05) is 38.8 Å². The zero-order valence-corrected chi connectivity index (χ0v) is 12.4. The van der Waals surface area contributed by atoms with Gasteiger partial charge in [0.1, 0.15) is 0 Å². The Morgan fingerprint density at radius 1 is 1.15 bits per heavy atom.